The normalized spacial score (nSPS) is 10.7. The Kier molecular flexibility index (Phi) is 5.54. The van der Waals surface area contributed by atoms with Crippen molar-refractivity contribution in [3.05, 3.63) is 42.2 Å². The summed E-state index contributed by atoms with van der Waals surface area (Å²) in [6.45, 7) is 2.23. The Balaban J connectivity index is 1.95. The van der Waals surface area contributed by atoms with Crippen molar-refractivity contribution < 1.29 is 5.11 Å². The Labute approximate surface area is 120 Å². The van der Waals surface area contributed by atoms with E-state index in [1.165, 1.54) is 32.1 Å². The lowest BCUT2D eigenvalue weighted by Gasteiger charge is -2.04. The first-order valence-electron chi connectivity index (χ1n) is 7.41. The van der Waals surface area contributed by atoms with Crippen LogP contribution in [0.5, 0.6) is 5.75 Å². The average molecular weight is 270 g/mol. The van der Waals surface area contributed by atoms with Crippen molar-refractivity contribution in [1.29, 1.82) is 0 Å². The predicted molar refractivity (Wildman–Crippen MR) is 81.6 cm³/mol. The van der Waals surface area contributed by atoms with Crippen LogP contribution in [-0.4, -0.2) is 15.1 Å². The molecule has 0 bridgehead atoms. The molecule has 0 amide bonds. The van der Waals surface area contributed by atoms with Crippen LogP contribution in [0, 0.1) is 0 Å². The Morgan fingerprint density at radius 1 is 0.950 bits per heavy atom. The number of nitrogens with zero attached hydrogens (tertiary/aromatic N) is 2. The first-order chi connectivity index (χ1) is 9.79. The molecule has 106 valence electrons. The molecule has 0 spiro atoms. The number of unbranched alkanes of at least 4 members (excludes halogenated alkanes) is 4. The van der Waals surface area contributed by atoms with Crippen molar-refractivity contribution in [1.82, 2.24) is 9.97 Å². The van der Waals surface area contributed by atoms with Crippen molar-refractivity contribution in [2.75, 3.05) is 0 Å². The molecule has 3 nitrogen and oxygen atoms in total. The van der Waals surface area contributed by atoms with Crippen LogP contribution in [0.15, 0.2) is 36.5 Å². The van der Waals surface area contributed by atoms with Crippen LogP contribution >= 0.6 is 0 Å². The molecule has 1 N–H and O–H groups in total. The topological polar surface area (TPSA) is 46.0 Å². The van der Waals surface area contributed by atoms with Gasteiger partial charge >= 0.3 is 0 Å². The van der Waals surface area contributed by atoms with Gasteiger partial charge in [0, 0.05) is 17.5 Å². The molecule has 20 heavy (non-hydrogen) atoms. The molecule has 1 aromatic carbocycles. The number of aryl methyl sites for hydroxylation is 1. The molecule has 1 heterocycles. The molecule has 0 saturated carbocycles. The number of phenolic OH excluding ortho intramolecular Hbond substituents is 1. The molecule has 0 aliphatic heterocycles. The molecule has 0 unspecified atom stereocenters. The van der Waals surface area contributed by atoms with Gasteiger partial charge in [-0.2, -0.15) is 0 Å². The maximum atomic E-state index is 9.30. The van der Waals surface area contributed by atoms with Gasteiger partial charge in [-0.05, 0) is 43.2 Å². The highest BCUT2D eigenvalue weighted by atomic mass is 16.3. The molecule has 0 aliphatic rings. The van der Waals surface area contributed by atoms with Crippen LogP contribution in [0.2, 0.25) is 0 Å². The van der Waals surface area contributed by atoms with E-state index < -0.39 is 0 Å². The van der Waals surface area contributed by atoms with Gasteiger partial charge in [0.05, 0.1) is 0 Å². The zero-order chi connectivity index (χ0) is 14.2. The van der Waals surface area contributed by atoms with Gasteiger partial charge in [0.15, 0.2) is 5.82 Å². The lowest BCUT2D eigenvalue weighted by atomic mass is 10.1. The van der Waals surface area contributed by atoms with Gasteiger partial charge in [0.25, 0.3) is 0 Å². The number of benzene rings is 1. The second-order valence-electron chi connectivity index (χ2n) is 5.08. The molecule has 0 fully saturated rings. The Bertz CT molecular complexity index is 523. The van der Waals surface area contributed by atoms with E-state index >= 15 is 0 Å². The van der Waals surface area contributed by atoms with E-state index in [9.17, 15) is 5.11 Å². The van der Waals surface area contributed by atoms with Crippen LogP contribution in [-0.2, 0) is 6.42 Å². The minimum Gasteiger partial charge on any atom is -0.508 e. The quantitative estimate of drug-likeness (QED) is 0.760. The van der Waals surface area contributed by atoms with Crippen molar-refractivity contribution in [3.63, 3.8) is 0 Å². The molecule has 0 radical (unpaired) electrons. The highest BCUT2D eigenvalue weighted by molar-refractivity contribution is 5.55. The third-order valence-corrected chi connectivity index (χ3v) is 3.38. The maximum Gasteiger partial charge on any atom is 0.159 e. The average Bonchev–Trinajstić information content (AvgIpc) is 2.48. The van der Waals surface area contributed by atoms with Crippen molar-refractivity contribution in [2.45, 2.75) is 45.4 Å². The summed E-state index contributed by atoms with van der Waals surface area (Å²) in [4.78, 5) is 8.90. The highest BCUT2D eigenvalue weighted by Gasteiger charge is 2.03. The molecule has 0 atom stereocenters. The third-order valence-electron chi connectivity index (χ3n) is 3.38. The van der Waals surface area contributed by atoms with Gasteiger partial charge < -0.3 is 5.11 Å². The largest absolute Gasteiger partial charge is 0.508 e. The first kappa shape index (κ1) is 14.5. The molecular weight excluding hydrogens is 248 g/mol. The minimum atomic E-state index is 0.265. The van der Waals surface area contributed by atoms with E-state index in [0.29, 0.717) is 0 Å². The number of hydrogen-bond acceptors (Lipinski definition) is 3. The van der Waals surface area contributed by atoms with E-state index in [2.05, 4.69) is 16.9 Å². The second-order valence-corrected chi connectivity index (χ2v) is 5.08. The summed E-state index contributed by atoms with van der Waals surface area (Å²) in [6, 6.07) is 9.00. The van der Waals surface area contributed by atoms with E-state index in [0.717, 1.165) is 23.5 Å². The minimum absolute atomic E-state index is 0.265. The lowest BCUT2D eigenvalue weighted by Crippen LogP contribution is -1.95. The predicted octanol–water partition coefficient (Wildman–Crippen LogP) is 4.36. The van der Waals surface area contributed by atoms with Crippen molar-refractivity contribution in [3.8, 4) is 17.1 Å². The SMILES string of the molecule is CCCCCCCc1ccnc(-c2ccc(O)cc2)n1. The van der Waals surface area contributed by atoms with Crippen LogP contribution in [0.25, 0.3) is 11.4 Å². The van der Waals surface area contributed by atoms with Gasteiger partial charge in [0.2, 0.25) is 0 Å². The summed E-state index contributed by atoms with van der Waals surface area (Å²) >= 11 is 0. The molecule has 0 saturated heterocycles. The van der Waals surface area contributed by atoms with Crippen LogP contribution in [0.3, 0.4) is 0 Å². The summed E-state index contributed by atoms with van der Waals surface area (Å²) in [5, 5.41) is 9.30. The maximum absolute atomic E-state index is 9.30. The number of aromatic hydroxyl groups is 1. The zero-order valence-corrected chi connectivity index (χ0v) is 12.0. The fourth-order valence-corrected chi connectivity index (χ4v) is 2.19. The van der Waals surface area contributed by atoms with Gasteiger partial charge in [-0.1, -0.05) is 32.6 Å². The lowest BCUT2D eigenvalue weighted by molar-refractivity contribution is 0.475. The van der Waals surface area contributed by atoms with Gasteiger partial charge in [-0.25, -0.2) is 9.97 Å². The molecule has 0 aliphatic carbocycles. The summed E-state index contributed by atoms with van der Waals surface area (Å²) in [5.74, 6) is 0.997. The van der Waals surface area contributed by atoms with Gasteiger partial charge in [-0.15, -0.1) is 0 Å². The third kappa shape index (κ3) is 4.34. The Morgan fingerprint density at radius 2 is 1.70 bits per heavy atom. The Hall–Kier alpha value is -1.90. The molecular formula is C17H22N2O. The number of phenols is 1. The zero-order valence-electron chi connectivity index (χ0n) is 12.0. The van der Waals surface area contributed by atoms with Crippen LogP contribution in [0.1, 0.15) is 44.7 Å². The standard InChI is InChI=1S/C17H22N2O/c1-2-3-4-5-6-7-15-12-13-18-17(19-15)14-8-10-16(20)11-9-14/h8-13,20H,2-7H2,1H3. The van der Waals surface area contributed by atoms with E-state index in [-0.39, 0.29) is 5.75 Å². The smallest absolute Gasteiger partial charge is 0.159 e. The van der Waals surface area contributed by atoms with Gasteiger partial charge in [0.1, 0.15) is 5.75 Å². The highest BCUT2D eigenvalue weighted by Crippen LogP contribution is 2.18. The fraction of sp³-hybridized carbons (Fsp3) is 0.412. The van der Waals surface area contributed by atoms with Crippen LogP contribution < -0.4 is 0 Å². The van der Waals surface area contributed by atoms with Crippen LogP contribution in [0.4, 0.5) is 0 Å². The summed E-state index contributed by atoms with van der Waals surface area (Å²) in [5.41, 5.74) is 2.04. The molecule has 3 heteroatoms. The summed E-state index contributed by atoms with van der Waals surface area (Å²) in [6.07, 6.45) is 9.19. The molecule has 2 aromatic rings. The van der Waals surface area contributed by atoms with Gasteiger partial charge in [-0.3, -0.25) is 0 Å². The monoisotopic (exact) mass is 270 g/mol. The summed E-state index contributed by atoms with van der Waals surface area (Å²) < 4.78 is 0. The van der Waals surface area contributed by atoms with Crippen molar-refractivity contribution >= 4 is 0 Å². The first-order valence-corrected chi connectivity index (χ1v) is 7.41. The Morgan fingerprint density at radius 3 is 2.45 bits per heavy atom. The summed E-state index contributed by atoms with van der Waals surface area (Å²) in [7, 11) is 0. The number of rotatable bonds is 7. The molecule has 1 aromatic heterocycles. The second kappa shape index (κ2) is 7.63. The van der Waals surface area contributed by atoms with Crippen molar-refractivity contribution in [2.24, 2.45) is 0 Å². The fourth-order valence-electron chi connectivity index (χ4n) is 2.19. The number of aromatic nitrogens is 2. The van der Waals surface area contributed by atoms with E-state index in [1.807, 2.05) is 24.4 Å². The molecule has 2 rings (SSSR count). The van der Waals surface area contributed by atoms with E-state index in [1.54, 1.807) is 12.1 Å². The number of hydrogen-bond donors (Lipinski definition) is 1. The van der Waals surface area contributed by atoms with E-state index in [4.69, 9.17) is 0 Å².